The topological polar surface area (TPSA) is 312 Å². The zero-order chi connectivity index (χ0) is 40.3. The maximum absolute atomic E-state index is 11.9. The summed E-state index contributed by atoms with van der Waals surface area (Å²) in [5.41, 5.74) is 0. The molecule has 22 heteroatoms. The van der Waals surface area contributed by atoms with Crippen molar-refractivity contribution in [2.75, 3.05) is 119 Å². The largest absolute Gasteiger partial charge is 0.394 e. The van der Waals surface area contributed by atoms with Gasteiger partial charge in [-0.1, -0.05) is 0 Å². The van der Waals surface area contributed by atoms with Gasteiger partial charge in [0.1, 0.15) is 48.8 Å². The molecule has 2 aliphatic heterocycles. The number of aliphatic hydroxyl groups excluding tert-OH is 8. The van der Waals surface area contributed by atoms with E-state index in [0.29, 0.717) is 32.7 Å². The van der Waals surface area contributed by atoms with Crippen molar-refractivity contribution in [3.63, 3.8) is 0 Å². The minimum absolute atomic E-state index is 0.0371. The number of rotatable bonds is 32. The second kappa shape index (κ2) is 30.3. The third-order valence-electron chi connectivity index (χ3n) is 8.12. The Kier molecular flexibility index (Phi) is 27.2. The Morgan fingerprint density at radius 1 is 0.436 bits per heavy atom. The molecule has 0 spiro atoms. The minimum atomic E-state index is -1.51. The summed E-state index contributed by atoms with van der Waals surface area (Å²) < 4.78 is 53.5. The molecular weight excluding hydrogens is 744 g/mol. The first kappa shape index (κ1) is 49.4. The Bertz CT molecular complexity index is 911. The maximum atomic E-state index is 11.9. The number of carbonyl (C=O) groups is 2. The summed E-state index contributed by atoms with van der Waals surface area (Å²) in [4.78, 5) is 23.8. The van der Waals surface area contributed by atoms with Gasteiger partial charge in [0.05, 0.1) is 92.5 Å². The quantitative estimate of drug-likeness (QED) is 0.0283. The highest BCUT2D eigenvalue weighted by molar-refractivity contribution is 5.76. The van der Waals surface area contributed by atoms with Crippen molar-refractivity contribution in [1.82, 2.24) is 10.6 Å². The highest BCUT2D eigenvalue weighted by atomic mass is 16.7. The SMILES string of the molecule is O=C(CCOCCCOCCC(=O)NCCOCCOCCOC1OC(CO)[C@@H](O)C(O)[C@H]1O)NCCOCCOCCOC1OC(CO)[C@@H](O)C(O)[C@H]1O. The van der Waals surface area contributed by atoms with Crippen molar-refractivity contribution < 1.29 is 97.8 Å². The average molecular weight is 807 g/mol. The molecule has 0 aromatic rings. The molecule has 324 valence electrons. The second-order valence-corrected chi connectivity index (χ2v) is 12.4. The molecule has 0 radical (unpaired) electrons. The first-order chi connectivity index (χ1) is 26.6. The third kappa shape index (κ3) is 20.5. The average Bonchev–Trinajstić information content (AvgIpc) is 3.18. The highest BCUT2D eigenvalue weighted by Gasteiger charge is 2.45. The Hall–Kier alpha value is -1.78. The van der Waals surface area contributed by atoms with E-state index in [-0.39, 0.29) is 104 Å². The fourth-order valence-corrected chi connectivity index (χ4v) is 5.00. The number of carbonyl (C=O) groups excluding carboxylic acids is 2. The van der Waals surface area contributed by atoms with E-state index >= 15 is 0 Å². The van der Waals surface area contributed by atoms with Crippen molar-refractivity contribution in [1.29, 1.82) is 0 Å². The summed E-state index contributed by atoms with van der Waals surface area (Å²) in [6, 6.07) is 0. The third-order valence-corrected chi connectivity index (χ3v) is 8.12. The summed E-state index contributed by atoms with van der Waals surface area (Å²) in [6.07, 6.45) is -12.4. The molecule has 2 rings (SSSR count). The Labute approximate surface area is 319 Å². The summed E-state index contributed by atoms with van der Waals surface area (Å²) >= 11 is 0. The highest BCUT2D eigenvalue weighted by Crippen LogP contribution is 2.23. The zero-order valence-electron chi connectivity index (χ0n) is 31.1. The molecular formula is C33H62N2O20. The van der Waals surface area contributed by atoms with E-state index < -0.39 is 74.6 Å². The van der Waals surface area contributed by atoms with Crippen molar-refractivity contribution >= 4 is 11.8 Å². The lowest BCUT2D eigenvalue weighted by molar-refractivity contribution is -0.302. The van der Waals surface area contributed by atoms with Crippen LogP contribution < -0.4 is 10.6 Å². The minimum Gasteiger partial charge on any atom is -0.394 e. The van der Waals surface area contributed by atoms with Crippen LogP contribution in [0.5, 0.6) is 0 Å². The van der Waals surface area contributed by atoms with Crippen molar-refractivity contribution in [3.8, 4) is 0 Å². The van der Waals surface area contributed by atoms with E-state index in [1.165, 1.54) is 0 Å². The van der Waals surface area contributed by atoms with Gasteiger partial charge in [-0.15, -0.1) is 0 Å². The number of aliphatic hydroxyl groups is 8. The lowest BCUT2D eigenvalue weighted by atomic mass is 9.99. The van der Waals surface area contributed by atoms with Crippen molar-refractivity contribution in [2.24, 2.45) is 0 Å². The van der Waals surface area contributed by atoms with E-state index in [9.17, 15) is 50.4 Å². The van der Waals surface area contributed by atoms with Crippen molar-refractivity contribution in [3.05, 3.63) is 0 Å². The van der Waals surface area contributed by atoms with E-state index in [2.05, 4.69) is 10.6 Å². The fraction of sp³-hybridized carbons (Fsp3) is 0.939. The van der Waals surface area contributed by atoms with E-state index in [1.807, 2.05) is 0 Å². The van der Waals surface area contributed by atoms with Gasteiger partial charge in [-0.05, 0) is 6.42 Å². The molecule has 6 unspecified atom stereocenters. The molecule has 0 saturated carbocycles. The van der Waals surface area contributed by atoms with Crippen molar-refractivity contribution in [2.45, 2.75) is 80.7 Å². The molecule has 2 fully saturated rings. The lowest BCUT2D eigenvalue weighted by Gasteiger charge is -2.39. The van der Waals surface area contributed by atoms with Crippen LogP contribution in [0.3, 0.4) is 0 Å². The van der Waals surface area contributed by atoms with E-state index in [4.69, 9.17) is 47.4 Å². The molecule has 2 aliphatic rings. The molecule has 2 saturated heterocycles. The van der Waals surface area contributed by atoms with Gasteiger partial charge < -0.3 is 98.9 Å². The van der Waals surface area contributed by atoms with Crippen LogP contribution in [-0.2, 0) is 57.0 Å². The van der Waals surface area contributed by atoms with Crippen LogP contribution in [0.25, 0.3) is 0 Å². The van der Waals surface area contributed by atoms with Gasteiger partial charge in [0.25, 0.3) is 0 Å². The van der Waals surface area contributed by atoms with Crippen LogP contribution in [-0.4, -0.2) is 233 Å². The maximum Gasteiger partial charge on any atom is 0.222 e. The summed E-state index contributed by atoms with van der Waals surface area (Å²) in [5.74, 6) is -0.353. The molecule has 0 aliphatic carbocycles. The van der Waals surface area contributed by atoms with E-state index in [1.54, 1.807) is 0 Å². The molecule has 0 bridgehead atoms. The second-order valence-electron chi connectivity index (χ2n) is 12.4. The normalized spacial score (nSPS) is 28.3. The zero-order valence-corrected chi connectivity index (χ0v) is 31.1. The molecule has 22 nitrogen and oxygen atoms in total. The van der Waals surface area contributed by atoms with Crippen LogP contribution in [0.2, 0.25) is 0 Å². The van der Waals surface area contributed by atoms with Crippen LogP contribution in [0.4, 0.5) is 0 Å². The van der Waals surface area contributed by atoms with Crippen LogP contribution in [0, 0.1) is 0 Å². The van der Waals surface area contributed by atoms with Gasteiger partial charge in [-0.2, -0.15) is 0 Å². The summed E-state index contributed by atoms with van der Waals surface area (Å²) in [6.45, 7) is 2.90. The predicted molar refractivity (Wildman–Crippen MR) is 184 cm³/mol. The standard InChI is InChI=1S/C33H62N2O20/c36-20-22-26(40)28(42)30(44)32(54-22)52-18-16-50-14-12-48-10-4-34-24(38)2-8-46-6-1-7-47-9-3-25(39)35-5-11-49-13-15-51-17-19-53-33-31(45)29(43)27(41)23(21-37)55-33/h22-23,26-33,36-37,40-45H,1-21H2,(H,34,38)(H,35,39)/t22?,23?,26-,27-,28?,29?,30-,31-,32?,33?/m1/s1. The molecule has 2 amide bonds. The van der Waals surface area contributed by atoms with E-state index in [0.717, 1.165) is 0 Å². The van der Waals surface area contributed by atoms with Gasteiger partial charge >= 0.3 is 0 Å². The smallest absolute Gasteiger partial charge is 0.222 e. The number of amides is 2. The Morgan fingerprint density at radius 2 is 0.782 bits per heavy atom. The van der Waals surface area contributed by atoms with Gasteiger partial charge in [-0.25, -0.2) is 0 Å². The van der Waals surface area contributed by atoms with Crippen LogP contribution in [0.15, 0.2) is 0 Å². The van der Waals surface area contributed by atoms with Gasteiger partial charge in [0.2, 0.25) is 11.8 Å². The molecule has 2 heterocycles. The molecule has 10 N–H and O–H groups in total. The number of hydrogen-bond acceptors (Lipinski definition) is 20. The summed E-state index contributed by atoms with van der Waals surface area (Å²) in [5, 5.41) is 82.7. The van der Waals surface area contributed by atoms with Crippen LogP contribution in [0.1, 0.15) is 19.3 Å². The number of nitrogens with one attached hydrogen (secondary N) is 2. The fourth-order valence-electron chi connectivity index (χ4n) is 5.00. The van der Waals surface area contributed by atoms with Crippen LogP contribution >= 0.6 is 0 Å². The molecule has 55 heavy (non-hydrogen) atoms. The van der Waals surface area contributed by atoms with Gasteiger partial charge in [0, 0.05) is 39.1 Å². The molecule has 0 aromatic heterocycles. The van der Waals surface area contributed by atoms with Gasteiger partial charge in [-0.3, -0.25) is 9.59 Å². The van der Waals surface area contributed by atoms with Gasteiger partial charge in [0.15, 0.2) is 12.6 Å². The monoisotopic (exact) mass is 806 g/mol. The number of hydrogen-bond donors (Lipinski definition) is 10. The molecule has 0 aromatic carbocycles. The Morgan fingerprint density at radius 3 is 1.16 bits per heavy atom. The summed E-state index contributed by atoms with van der Waals surface area (Å²) in [7, 11) is 0. The first-order valence-electron chi connectivity index (χ1n) is 18.4. The number of ether oxygens (including phenoxy) is 10. The first-order valence-corrected chi connectivity index (χ1v) is 18.4. The molecule has 10 atom stereocenters. The Balaban J connectivity index is 1.27. The lowest BCUT2D eigenvalue weighted by Crippen LogP contribution is -2.59. The predicted octanol–water partition coefficient (Wildman–Crippen LogP) is -5.88.